The van der Waals surface area contributed by atoms with E-state index in [9.17, 15) is 13.2 Å². The summed E-state index contributed by atoms with van der Waals surface area (Å²) in [5, 5.41) is 0. The number of benzene rings is 1. The van der Waals surface area contributed by atoms with Crippen LogP contribution in [0.1, 0.15) is 36.2 Å². The standard InChI is InChI=1S/C15H20ClNO3S/c1-10(2)12-6-7-17(9-12)15(18)13-8-11(3)4-5-14(13)21(16,19)20/h4-5,8,10,12H,6-7,9H2,1-3H3. The van der Waals surface area contributed by atoms with Crippen LogP contribution in [0, 0.1) is 18.8 Å². The molecular weight excluding hydrogens is 310 g/mol. The number of hydrogen-bond donors (Lipinski definition) is 0. The highest BCUT2D eigenvalue weighted by Gasteiger charge is 2.31. The van der Waals surface area contributed by atoms with E-state index in [2.05, 4.69) is 13.8 Å². The molecule has 1 aromatic rings. The van der Waals surface area contributed by atoms with E-state index in [0.29, 0.717) is 24.9 Å². The summed E-state index contributed by atoms with van der Waals surface area (Å²) in [6.45, 7) is 7.44. The van der Waals surface area contributed by atoms with Crippen LogP contribution in [0.2, 0.25) is 0 Å². The lowest BCUT2D eigenvalue weighted by Gasteiger charge is -2.19. The summed E-state index contributed by atoms with van der Waals surface area (Å²) >= 11 is 0. The third-order valence-electron chi connectivity index (χ3n) is 4.08. The first-order valence-electron chi connectivity index (χ1n) is 7.04. The van der Waals surface area contributed by atoms with E-state index >= 15 is 0 Å². The minimum atomic E-state index is -3.93. The lowest BCUT2D eigenvalue weighted by atomic mass is 9.95. The fraction of sp³-hybridized carbons (Fsp3) is 0.533. The van der Waals surface area contributed by atoms with E-state index in [1.54, 1.807) is 17.0 Å². The van der Waals surface area contributed by atoms with Gasteiger partial charge in [-0.1, -0.05) is 25.5 Å². The fourth-order valence-electron chi connectivity index (χ4n) is 2.71. The molecule has 1 amide bonds. The molecule has 0 aromatic heterocycles. The zero-order chi connectivity index (χ0) is 15.8. The Hall–Kier alpha value is -1.07. The van der Waals surface area contributed by atoms with Gasteiger partial charge in [0.2, 0.25) is 0 Å². The van der Waals surface area contributed by atoms with Crippen molar-refractivity contribution in [2.24, 2.45) is 11.8 Å². The van der Waals surface area contributed by atoms with Crippen molar-refractivity contribution in [2.75, 3.05) is 13.1 Å². The van der Waals surface area contributed by atoms with Crippen LogP contribution >= 0.6 is 10.7 Å². The van der Waals surface area contributed by atoms with Crippen LogP contribution in [-0.2, 0) is 9.05 Å². The maximum absolute atomic E-state index is 12.6. The highest BCUT2D eigenvalue weighted by molar-refractivity contribution is 8.13. The second-order valence-electron chi connectivity index (χ2n) is 5.98. The summed E-state index contributed by atoms with van der Waals surface area (Å²) in [6, 6.07) is 4.65. The molecule has 0 saturated carbocycles. The number of amides is 1. The molecule has 1 aliphatic heterocycles. The molecule has 0 bridgehead atoms. The Balaban J connectivity index is 2.34. The van der Waals surface area contributed by atoms with E-state index in [4.69, 9.17) is 10.7 Å². The molecule has 4 nitrogen and oxygen atoms in total. The smallest absolute Gasteiger partial charge is 0.262 e. The molecule has 0 aliphatic carbocycles. The average Bonchev–Trinajstić information content (AvgIpc) is 2.86. The number of likely N-dealkylation sites (tertiary alicyclic amines) is 1. The largest absolute Gasteiger partial charge is 0.338 e. The topological polar surface area (TPSA) is 54.5 Å². The Labute approximate surface area is 130 Å². The van der Waals surface area contributed by atoms with Gasteiger partial charge in [0.05, 0.1) is 10.5 Å². The zero-order valence-corrected chi connectivity index (χ0v) is 14.0. The Morgan fingerprint density at radius 3 is 2.57 bits per heavy atom. The van der Waals surface area contributed by atoms with Crippen molar-refractivity contribution in [3.05, 3.63) is 29.3 Å². The second kappa shape index (κ2) is 5.97. The van der Waals surface area contributed by atoms with Gasteiger partial charge in [-0.05, 0) is 37.3 Å². The highest BCUT2D eigenvalue weighted by Crippen LogP contribution is 2.28. The van der Waals surface area contributed by atoms with Gasteiger partial charge in [0.1, 0.15) is 0 Å². The Kier molecular flexibility index (Phi) is 4.63. The van der Waals surface area contributed by atoms with Crippen molar-refractivity contribution in [2.45, 2.75) is 32.1 Å². The summed E-state index contributed by atoms with van der Waals surface area (Å²) in [6.07, 6.45) is 0.957. The first-order chi connectivity index (χ1) is 9.70. The predicted octanol–water partition coefficient (Wildman–Crippen LogP) is 3.04. The molecule has 116 valence electrons. The molecule has 0 N–H and O–H groups in total. The molecule has 0 spiro atoms. The molecule has 1 heterocycles. The molecule has 2 rings (SSSR count). The van der Waals surface area contributed by atoms with Gasteiger partial charge in [-0.15, -0.1) is 0 Å². The lowest BCUT2D eigenvalue weighted by molar-refractivity contribution is 0.0780. The number of nitrogens with zero attached hydrogens (tertiary/aromatic N) is 1. The molecule has 1 fully saturated rings. The van der Waals surface area contributed by atoms with Gasteiger partial charge in [-0.2, -0.15) is 0 Å². The number of halogens is 1. The Morgan fingerprint density at radius 1 is 1.38 bits per heavy atom. The van der Waals surface area contributed by atoms with Crippen molar-refractivity contribution < 1.29 is 13.2 Å². The van der Waals surface area contributed by atoms with Gasteiger partial charge in [0.25, 0.3) is 15.0 Å². The minimum absolute atomic E-state index is 0.104. The van der Waals surface area contributed by atoms with Crippen LogP contribution in [0.3, 0.4) is 0 Å². The van der Waals surface area contributed by atoms with E-state index < -0.39 is 9.05 Å². The van der Waals surface area contributed by atoms with Gasteiger partial charge in [-0.3, -0.25) is 4.79 Å². The number of carbonyl (C=O) groups is 1. The van der Waals surface area contributed by atoms with Gasteiger partial charge in [0, 0.05) is 23.8 Å². The van der Waals surface area contributed by atoms with Crippen LogP contribution in [0.5, 0.6) is 0 Å². The van der Waals surface area contributed by atoms with Crippen molar-refractivity contribution in [3.63, 3.8) is 0 Å². The molecule has 1 aromatic carbocycles. The zero-order valence-electron chi connectivity index (χ0n) is 12.5. The fourth-order valence-corrected chi connectivity index (χ4v) is 3.75. The van der Waals surface area contributed by atoms with Crippen LogP contribution in [-0.4, -0.2) is 32.3 Å². The SMILES string of the molecule is Cc1ccc(S(=O)(=O)Cl)c(C(=O)N2CCC(C(C)C)C2)c1. The second-order valence-corrected chi connectivity index (χ2v) is 8.52. The summed E-state index contributed by atoms with van der Waals surface area (Å²) in [4.78, 5) is 14.3. The van der Waals surface area contributed by atoms with Crippen molar-refractivity contribution in [1.29, 1.82) is 0 Å². The normalized spacial score (nSPS) is 19.3. The molecule has 1 aliphatic rings. The molecule has 1 atom stereocenters. The average molecular weight is 330 g/mol. The Morgan fingerprint density at radius 2 is 2.05 bits per heavy atom. The van der Waals surface area contributed by atoms with Crippen LogP contribution < -0.4 is 0 Å². The molecule has 0 radical (unpaired) electrons. The molecule has 6 heteroatoms. The number of aryl methyl sites for hydroxylation is 1. The van der Waals surface area contributed by atoms with Crippen LogP contribution in [0.25, 0.3) is 0 Å². The Bertz CT molecular complexity index is 655. The maximum Gasteiger partial charge on any atom is 0.262 e. The van der Waals surface area contributed by atoms with Crippen molar-refractivity contribution >= 4 is 25.6 Å². The summed E-state index contributed by atoms with van der Waals surface area (Å²) < 4.78 is 23.3. The predicted molar refractivity (Wildman–Crippen MR) is 83.1 cm³/mol. The lowest BCUT2D eigenvalue weighted by Crippen LogP contribution is -2.30. The summed E-state index contributed by atoms with van der Waals surface area (Å²) in [5.41, 5.74) is 1.01. The molecule has 21 heavy (non-hydrogen) atoms. The number of rotatable bonds is 3. The maximum atomic E-state index is 12.6. The van der Waals surface area contributed by atoms with Gasteiger partial charge < -0.3 is 4.90 Å². The third-order valence-corrected chi connectivity index (χ3v) is 5.46. The first-order valence-corrected chi connectivity index (χ1v) is 9.35. The minimum Gasteiger partial charge on any atom is -0.338 e. The van der Waals surface area contributed by atoms with E-state index in [1.165, 1.54) is 6.07 Å². The first kappa shape index (κ1) is 16.3. The van der Waals surface area contributed by atoms with Crippen LogP contribution in [0.4, 0.5) is 0 Å². The number of carbonyl (C=O) groups excluding carboxylic acids is 1. The van der Waals surface area contributed by atoms with Gasteiger partial charge in [-0.25, -0.2) is 8.42 Å². The monoisotopic (exact) mass is 329 g/mol. The van der Waals surface area contributed by atoms with Gasteiger partial charge >= 0.3 is 0 Å². The summed E-state index contributed by atoms with van der Waals surface area (Å²) in [5.74, 6) is 0.729. The van der Waals surface area contributed by atoms with Crippen molar-refractivity contribution in [3.8, 4) is 0 Å². The highest BCUT2D eigenvalue weighted by atomic mass is 35.7. The van der Waals surface area contributed by atoms with Crippen LogP contribution in [0.15, 0.2) is 23.1 Å². The molecule has 1 saturated heterocycles. The number of hydrogen-bond acceptors (Lipinski definition) is 3. The molecular formula is C15H20ClNO3S. The van der Waals surface area contributed by atoms with Crippen molar-refractivity contribution in [1.82, 2.24) is 4.90 Å². The van der Waals surface area contributed by atoms with Gasteiger partial charge in [0.15, 0.2) is 0 Å². The molecule has 1 unspecified atom stereocenters. The third kappa shape index (κ3) is 3.58. The quantitative estimate of drug-likeness (QED) is 0.801. The van der Waals surface area contributed by atoms with E-state index in [-0.39, 0.29) is 16.4 Å². The van der Waals surface area contributed by atoms with E-state index in [1.807, 2.05) is 6.92 Å². The van der Waals surface area contributed by atoms with E-state index in [0.717, 1.165) is 12.0 Å². The summed E-state index contributed by atoms with van der Waals surface area (Å²) in [7, 11) is 1.52.